The molecular formula is C14H16F2N6. The second-order valence-electron chi connectivity index (χ2n) is 4.47. The molecule has 2 aromatic rings. The number of rotatable bonds is 3. The molecule has 0 amide bonds. The van der Waals surface area contributed by atoms with E-state index in [9.17, 15) is 8.78 Å². The first-order valence-electron chi connectivity index (χ1n) is 6.46. The third-order valence-corrected chi connectivity index (χ3v) is 2.62. The molecule has 2 rings (SSSR count). The molecule has 2 N–H and O–H groups in total. The van der Waals surface area contributed by atoms with Crippen molar-refractivity contribution in [1.29, 1.82) is 0 Å². The topological polar surface area (TPSA) is 101 Å². The van der Waals surface area contributed by atoms with Gasteiger partial charge in [0.25, 0.3) is 0 Å². The van der Waals surface area contributed by atoms with Crippen molar-refractivity contribution >= 4 is 0 Å². The van der Waals surface area contributed by atoms with Crippen molar-refractivity contribution < 1.29 is 8.78 Å². The van der Waals surface area contributed by atoms with Crippen LogP contribution in [0.1, 0.15) is 37.3 Å². The summed E-state index contributed by atoms with van der Waals surface area (Å²) in [4.78, 5) is 10.2. The molecule has 2 unspecified atom stereocenters. The molecule has 22 heavy (non-hydrogen) atoms. The van der Waals surface area contributed by atoms with Crippen LogP contribution in [-0.2, 0) is 0 Å². The summed E-state index contributed by atoms with van der Waals surface area (Å²) in [5, 5.41) is 3.42. The number of azide groups is 1. The molecule has 8 heteroatoms. The van der Waals surface area contributed by atoms with Gasteiger partial charge in [0.1, 0.15) is 11.6 Å². The molecule has 0 radical (unpaired) electrons. The lowest BCUT2D eigenvalue weighted by molar-refractivity contribution is 0.615. The summed E-state index contributed by atoms with van der Waals surface area (Å²) >= 11 is 0. The van der Waals surface area contributed by atoms with Crippen LogP contribution in [0.15, 0.2) is 41.8 Å². The van der Waals surface area contributed by atoms with Crippen molar-refractivity contribution in [3.63, 3.8) is 0 Å². The lowest BCUT2D eigenvalue weighted by Crippen LogP contribution is -2.06. The van der Waals surface area contributed by atoms with E-state index in [0.717, 1.165) is 6.20 Å². The second-order valence-corrected chi connectivity index (χ2v) is 4.47. The zero-order valence-corrected chi connectivity index (χ0v) is 12.2. The zero-order chi connectivity index (χ0) is 16.5. The van der Waals surface area contributed by atoms with Crippen molar-refractivity contribution in [3.05, 3.63) is 70.1 Å². The molecule has 0 bridgehead atoms. The van der Waals surface area contributed by atoms with Gasteiger partial charge in [-0.05, 0) is 36.7 Å². The van der Waals surface area contributed by atoms with Crippen molar-refractivity contribution in [2.75, 3.05) is 0 Å². The van der Waals surface area contributed by atoms with Gasteiger partial charge in [0, 0.05) is 16.6 Å². The molecule has 116 valence electrons. The first-order chi connectivity index (χ1) is 10.4. The summed E-state index contributed by atoms with van der Waals surface area (Å²) in [7, 11) is 0. The number of hydrogen-bond acceptors (Lipinski definition) is 4. The molecule has 0 saturated carbocycles. The van der Waals surface area contributed by atoms with Gasteiger partial charge >= 0.3 is 0 Å². The molecule has 0 aliphatic rings. The summed E-state index contributed by atoms with van der Waals surface area (Å²) in [5.74, 6) is -0.726. The average molecular weight is 306 g/mol. The number of halogens is 2. The van der Waals surface area contributed by atoms with Crippen molar-refractivity contribution in [3.8, 4) is 0 Å². The maximum Gasteiger partial charge on any atom is 0.141 e. The molecule has 2 heterocycles. The van der Waals surface area contributed by atoms with Crippen LogP contribution in [-0.4, -0.2) is 9.97 Å². The van der Waals surface area contributed by atoms with Crippen LogP contribution in [0, 0.1) is 11.6 Å². The third kappa shape index (κ3) is 5.82. The fraction of sp³-hybridized carbons (Fsp3) is 0.286. The summed E-state index contributed by atoms with van der Waals surface area (Å²) in [6, 6.07) is 5.24. The molecule has 0 aliphatic heterocycles. The maximum atomic E-state index is 12.4. The molecule has 0 fully saturated rings. The van der Waals surface area contributed by atoms with Gasteiger partial charge in [-0.15, -0.1) is 0 Å². The van der Waals surface area contributed by atoms with E-state index in [-0.39, 0.29) is 17.9 Å². The highest BCUT2D eigenvalue weighted by Crippen LogP contribution is 2.13. The smallest absolute Gasteiger partial charge is 0.141 e. The van der Waals surface area contributed by atoms with Gasteiger partial charge in [-0.1, -0.05) is 12.0 Å². The molecular weight excluding hydrogens is 290 g/mol. The van der Waals surface area contributed by atoms with Crippen LogP contribution in [0.4, 0.5) is 8.78 Å². The lowest BCUT2D eigenvalue weighted by atomic mass is 10.2. The molecule has 2 aromatic heterocycles. The van der Waals surface area contributed by atoms with E-state index < -0.39 is 5.82 Å². The highest BCUT2D eigenvalue weighted by molar-refractivity contribution is 5.09. The molecule has 6 nitrogen and oxygen atoms in total. The fourth-order valence-corrected chi connectivity index (χ4v) is 1.43. The Bertz CT molecular complexity index is 621. The number of pyridine rings is 2. The van der Waals surface area contributed by atoms with E-state index in [1.54, 1.807) is 19.9 Å². The first-order valence-corrected chi connectivity index (χ1v) is 6.46. The zero-order valence-electron chi connectivity index (χ0n) is 12.2. The Morgan fingerprint density at radius 2 is 1.55 bits per heavy atom. The number of nitrogens with zero attached hydrogens (tertiary/aromatic N) is 5. The SMILES string of the molecule is CC(N)c1ccc(F)cn1.CC(N=[N+]=[N-])c1ccc(F)cn1. The van der Waals surface area contributed by atoms with Crippen LogP contribution in [0.5, 0.6) is 0 Å². The van der Waals surface area contributed by atoms with Gasteiger partial charge in [-0.2, -0.15) is 0 Å². The van der Waals surface area contributed by atoms with Crippen LogP contribution in [0.25, 0.3) is 10.4 Å². The molecule has 0 spiro atoms. The quantitative estimate of drug-likeness (QED) is 0.529. The number of nitrogens with two attached hydrogens (primary N) is 1. The summed E-state index contributed by atoms with van der Waals surface area (Å²) < 4.78 is 24.6. The first kappa shape index (κ1) is 17.5. The fourth-order valence-electron chi connectivity index (χ4n) is 1.43. The average Bonchev–Trinajstić information content (AvgIpc) is 2.49. The van der Waals surface area contributed by atoms with Crippen LogP contribution >= 0.6 is 0 Å². The minimum atomic E-state index is -0.396. The minimum absolute atomic E-state index is 0.124. The number of aromatic nitrogens is 2. The van der Waals surface area contributed by atoms with E-state index >= 15 is 0 Å². The van der Waals surface area contributed by atoms with Crippen molar-refractivity contribution in [2.45, 2.75) is 25.9 Å². The van der Waals surface area contributed by atoms with Gasteiger partial charge in [-0.3, -0.25) is 9.97 Å². The summed E-state index contributed by atoms with van der Waals surface area (Å²) in [5.41, 5.74) is 14.9. The lowest BCUT2D eigenvalue weighted by Gasteiger charge is -2.01. The molecule has 2 atom stereocenters. The molecule has 0 aliphatic carbocycles. The highest BCUT2D eigenvalue weighted by Gasteiger charge is 2.03. The molecule has 0 saturated heterocycles. The molecule has 0 aromatic carbocycles. The highest BCUT2D eigenvalue weighted by atomic mass is 19.1. The maximum absolute atomic E-state index is 12.4. The van der Waals surface area contributed by atoms with Crippen LogP contribution in [0.3, 0.4) is 0 Å². The van der Waals surface area contributed by atoms with Crippen molar-refractivity contribution in [1.82, 2.24) is 9.97 Å². The van der Waals surface area contributed by atoms with E-state index in [1.165, 1.54) is 24.4 Å². The predicted octanol–water partition coefficient (Wildman–Crippen LogP) is 3.83. The second kappa shape index (κ2) is 8.66. The Labute approximate surface area is 126 Å². The van der Waals surface area contributed by atoms with Crippen molar-refractivity contribution in [2.24, 2.45) is 10.8 Å². The summed E-state index contributed by atoms with van der Waals surface area (Å²) in [6.07, 6.45) is 2.26. The van der Waals surface area contributed by atoms with E-state index in [2.05, 4.69) is 20.0 Å². The number of hydrogen-bond donors (Lipinski definition) is 1. The van der Waals surface area contributed by atoms with Gasteiger partial charge in [0.05, 0.1) is 24.1 Å². The van der Waals surface area contributed by atoms with E-state index in [1.807, 2.05) is 0 Å². The minimum Gasteiger partial charge on any atom is -0.323 e. The van der Waals surface area contributed by atoms with Gasteiger partial charge in [0.2, 0.25) is 0 Å². The van der Waals surface area contributed by atoms with Crippen LogP contribution < -0.4 is 5.73 Å². The Balaban J connectivity index is 0.000000224. The van der Waals surface area contributed by atoms with Gasteiger partial charge in [-0.25, -0.2) is 8.78 Å². The monoisotopic (exact) mass is 306 g/mol. The predicted molar refractivity (Wildman–Crippen MR) is 78.6 cm³/mol. The Hall–Kier alpha value is -2.57. The Morgan fingerprint density at radius 3 is 1.91 bits per heavy atom. The third-order valence-electron chi connectivity index (χ3n) is 2.62. The standard InChI is InChI=1S/C7H7FN4.C7H9FN2/c1-5(11-12-9)7-3-2-6(8)4-10-7;1-5(9)7-3-2-6(8)4-10-7/h2-5H,1H3;2-5H,9H2,1H3. The van der Waals surface area contributed by atoms with Gasteiger partial charge in [0.15, 0.2) is 0 Å². The van der Waals surface area contributed by atoms with E-state index in [0.29, 0.717) is 11.4 Å². The van der Waals surface area contributed by atoms with E-state index in [4.69, 9.17) is 11.3 Å². The summed E-state index contributed by atoms with van der Waals surface area (Å²) in [6.45, 7) is 3.50. The largest absolute Gasteiger partial charge is 0.323 e. The van der Waals surface area contributed by atoms with Crippen LogP contribution in [0.2, 0.25) is 0 Å². The van der Waals surface area contributed by atoms with Gasteiger partial charge < -0.3 is 5.73 Å². The Morgan fingerprint density at radius 1 is 1.05 bits per heavy atom. The Kier molecular flexibility index (Phi) is 6.88. The normalized spacial score (nSPS) is 12.4.